The number of rotatable bonds is 7. The monoisotopic (exact) mass is 486 g/mol. The molecule has 4 aromatic carbocycles. The summed E-state index contributed by atoms with van der Waals surface area (Å²) >= 11 is 12.1. The molecule has 0 bridgehead atoms. The van der Waals surface area contributed by atoms with Gasteiger partial charge in [0.2, 0.25) is 0 Å². The van der Waals surface area contributed by atoms with Gasteiger partial charge in [-0.3, -0.25) is 4.79 Å². The number of hydrogen-bond acceptors (Lipinski definition) is 2. The van der Waals surface area contributed by atoms with Crippen LogP contribution in [0.25, 0.3) is 11.1 Å². The van der Waals surface area contributed by atoms with Gasteiger partial charge in [-0.15, -0.1) is 0 Å². The number of halogens is 2. The van der Waals surface area contributed by atoms with Crippen molar-refractivity contribution in [1.82, 2.24) is 5.32 Å². The molecule has 0 spiro atoms. The summed E-state index contributed by atoms with van der Waals surface area (Å²) in [6, 6.07) is 32.1. The van der Waals surface area contributed by atoms with E-state index in [0.717, 1.165) is 35.3 Å². The third-order valence-corrected chi connectivity index (χ3v) is 6.93. The molecular weight excluding hydrogens is 463 g/mol. The zero-order valence-electron chi connectivity index (χ0n) is 18.5. The molecule has 3 nitrogen and oxygen atoms in total. The average molecular weight is 487 g/mol. The number of amides is 1. The fourth-order valence-corrected chi connectivity index (χ4v) is 4.47. The number of carbonyl (C=O) groups excluding carboxylic acids is 1. The summed E-state index contributed by atoms with van der Waals surface area (Å²) in [5.74, 6) is 0.373. The molecule has 1 aliphatic rings. The minimum atomic E-state index is -0.111. The number of nitrogens with one attached hydrogen (secondary N) is 2. The molecule has 2 N–H and O–H groups in total. The van der Waals surface area contributed by atoms with E-state index in [1.807, 2.05) is 72.8 Å². The van der Waals surface area contributed by atoms with Crippen LogP contribution >= 0.6 is 23.2 Å². The number of anilines is 1. The molecule has 34 heavy (non-hydrogen) atoms. The Morgan fingerprint density at radius 1 is 0.794 bits per heavy atom. The van der Waals surface area contributed by atoms with Gasteiger partial charge in [0.25, 0.3) is 5.91 Å². The Kier molecular flexibility index (Phi) is 6.68. The fourth-order valence-electron chi connectivity index (χ4n) is 4.15. The third kappa shape index (κ3) is 5.34. The van der Waals surface area contributed by atoms with Crippen molar-refractivity contribution in [1.29, 1.82) is 0 Å². The van der Waals surface area contributed by atoms with Crippen molar-refractivity contribution in [2.75, 3.05) is 5.32 Å². The highest BCUT2D eigenvalue weighted by atomic mass is 35.5. The lowest BCUT2D eigenvalue weighted by atomic mass is 10.0. The van der Waals surface area contributed by atoms with Crippen LogP contribution in [0.2, 0.25) is 10.0 Å². The third-order valence-electron chi connectivity index (χ3n) is 6.19. The number of benzene rings is 4. The molecule has 2 unspecified atom stereocenters. The van der Waals surface area contributed by atoms with Gasteiger partial charge >= 0.3 is 0 Å². The molecule has 0 saturated heterocycles. The number of hydrogen-bond donors (Lipinski definition) is 2. The molecule has 0 radical (unpaired) electrons. The fraction of sp³-hybridized carbons (Fsp3) is 0.138. The van der Waals surface area contributed by atoms with Gasteiger partial charge in [-0.2, -0.15) is 0 Å². The van der Waals surface area contributed by atoms with Crippen LogP contribution in [0, 0.1) is 0 Å². The molecule has 5 heteroatoms. The molecule has 0 aliphatic heterocycles. The predicted octanol–water partition coefficient (Wildman–Crippen LogP) is 7.56. The van der Waals surface area contributed by atoms with Crippen LogP contribution in [0.5, 0.6) is 0 Å². The lowest BCUT2D eigenvalue weighted by molar-refractivity contribution is 0.102. The highest BCUT2D eigenvalue weighted by Gasteiger charge is 2.37. The Labute approximate surface area is 209 Å². The van der Waals surface area contributed by atoms with Gasteiger partial charge in [0, 0.05) is 29.8 Å². The van der Waals surface area contributed by atoms with E-state index in [-0.39, 0.29) is 5.91 Å². The molecule has 2 atom stereocenters. The summed E-state index contributed by atoms with van der Waals surface area (Å²) in [7, 11) is 0. The van der Waals surface area contributed by atoms with Gasteiger partial charge in [-0.25, -0.2) is 0 Å². The van der Waals surface area contributed by atoms with Gasteiger partial charge in [0.15, 0.2) is 0 Å². The minimum absolute atomic E-state index is 0.111. The second kappa shape index (κ2) is 10.0. The van der Waals surface area contributed by atoms with Crippen LogP contribution in [-0.4, -0.2) is 11.9 Å². The Bertz CT molecular complexity index is 1290. The van der Waals surface area contributed by atoms with Gasteiger partial charge < -0.3 is 10.6 Å². The van der Waals surface area contributed by atoms with E-state index in [1.165, 1.54) is 5.56 Å². The second-order valence-electron chi connectivity index (χ2n) is 8.60. The van der Waals surface area contributed by atoms with E-state index in [9.17, 15) is 4.79 Å². The average Bonchev–Trinajstić information content (AvgIpc) is 3.65. The highest BCUT2D eigenvalue weighted by molar-refractivity contribution is 6.42. The molecule has 1 saturated carbocycles. The smallest absolute Gasteiger partial charge is 0.255 e. The van der Waals surface area contributed by atoms with Crippen molar-refractivity contribution in [3.63, 3.8) is 0 Å². The Hall–Kier alpha value is -3.11. The molecule has 1 fully saturated rings. The molecule has 0 heterocycles. The normalized spacial score (nSPS) is 16.8. The van der Waals surface area contributed by atoms with E-state index in [4.69, 9.17) is 23.2 Å². The summed E-state index contributed by atoms with van der Waals surface area (Å²) in [4.78, 5) is 12.7. The molecule has 1 amide bonds. The van der Waals surface area contributed by atoms with Crippen molar-refractivity contribution >= 4 is 34.8 Å². The van der Waals surface area contributed by atoms with Crippen LogP contribution in [-0.2, 0) is 6.54 Å². The lowest BCUT2D eigenvalue weighted by Crippen LogP contribution is -2.17. The Morgan fingerprint density at radius 3 is 2.21 bits per heavy atom. The summed E-state index contributed by atoms with van der Waals surface area (Å²) < 4.78 is 0. The van der Waals surface area contributed by atoms with E-state index in [2.05, 4.69) is 34.9 Å². The summed E-state index contributed by atoms with van der Waals surface area (Å²) in [5.41, 5.74) is 6.05. The summed E-state index contributed by atoms with van der Waals surface area (Å²) in [6.45, 7) is 0.759. The van der Waals surface area contributed by atoms with Gasteiger partial charge in [0.05, 0.1) is 10.0 Å². The van der Waals surface area contributed by atoms with Crippen molar-refractivity contribution in [2.45, 2.75) is 24.9 Å². The van der Waals surface area contributed by atoms with Crippen molar-refractivity contribution in [3.05, 3.63) is 124 Å². The van der Waals surface area contributed by atoms with Crippen molar-refractivity contribution in [3.8, 4) is 11.1 Å². The first-order valence-electron chi connectivity index (χ1n) is 11.3. The SMILES string of the molecule is O=C(Nc1ccc(C2CC2NCc2ccc(Cl)c(Cl)c2)cc1)c1ccc(-c2ccccc2)cc1. The van der Waals surface area contributed by atoms with E-state index < -0.39 is 0 Å². The predicted molar refractivity (Wildman–Crippen MR) is 141 cm³/mol. The first-order valence-corrected chi connectivity index (χ1v) is 12.1. The standard InChI is InChI=1S/C29H24Cl2N2O/c30-26-15-6-19(16-27(26)31)18-32-28-17-25(28)22-11-13-24(14-12-22)33-29(34)23-9-7-21(8-10-23)20-4-2-1-3-5-20/h1-16,25,28,32H,17-18H2,(H,33,34). The maximum atomic E-state index is 12.7. The first kappa shape index (κ1) is 22.7. The van der Waals surface area contributed by atoms with Crippen LogP contribution in [0.4, 0.5) is 5.69 Å². The molecular formula is C29H24Cl2N2O. The van der Waals surface area contributed by atoms with Crippen molar-refractivity contribution < 1.29 is 4.79 Å². The summed E-state index contributed by atoms with van der Waals surface area (Å²) in [6.07, 6.45) is 1.10. The molecule has 1 aliphatic carbocycles. The Balaban J connectivity index is 1.14. The molecule has 170 valence electrons. The summed E-state index contributed by atoms with van der Waals surface area (Å²) in [5, 5.41) is 7.73. The van der Waals surface area contributed by atoms with Crippen molar-refractivity contribution in [2.24, 2.45) is 0 Å². The molecule has 4 aromatic rings. The second-order valence-corrected chi connectivity index (χ2v) is 9.41. The highest BCUT2D eigenvalue weighted by Crippen LogP contribution is 2.41. The van der Waals surface area contributed by atoms with E-state index in [1.54, 1.807) is 0 Å². The van der Waals surface area contributed by atoms with Crippen LogP contribution in [0.3, 0.4) is 0 Å². The zero-order valence-corrected chi connectivity index (χ0v) is 20.0. The van der Waals surface area contributed by atoms with Crippen LogP contribution in [0.1, 0.15) is 33.8 Å². The molecule has 0 aromatic heterocycles. The minimum Gasteiger partial charge on any atom is -0.322 e. The molecule has 5 rings (SSSR count). The maximum Gasteiger partial charge on any atom is 0.255 e. The van der Waals surface area contributed by atoms with Gasteiger partial charge in [-0.1, -0.05) is 83.9 Å². The van der Waals surface area contributed by atoms with Crippen LogP contribution in [0.15, 0.2) is 97.1 Å². The van der Waals surface area contributed by atoms with E-state index >= 15 is 0 Å². The van der Waals surface area contributed by atoms with Gasteiger partial charge in [-0.05, 0) is 65.1 Å². The largest absolute Gasteiger partial charge is 0.322 e. The zero-order chi connectivity index (χ0) is 23.5. The first-order chi connectivity index (χ1) is 16.6. The topological polar surface area (TPSA) is 41.1 Å². The number of carbonyl (C=O) groups is 1. The maximum absolute atomic E-state index is 12.7. The Morgan fingerprint density at radius 2 is 1.50 bits per heavy atom. The quantitative estimate of drug-likeness (QED) is 0.283. The lowest BCUT2D eigenvalue weighted by Gasteiger charge is -2.09. The van der Waals surface area contributed by atoms with Gasteiger partial charge in [0.1, 0.15) is 0 Å². The van der Waals surface area contributed by atoms with Crippen LogP contribution < -0.4 is 10.6 Å². The van der Waals surface area contributed by atoms with E-state index in [0.29, 0.717) is 27.6 Å².